The molecule has 2 saturated heterocycles. The van der Waals surface area contributed by atoms with Crippen molar-refractivity contribution in [3.63, 3.8) is 0 Å². The van der Waals surface area contributed by atoms with Gasteiger partial charge in [0.05, 0.1) is 17.0 Å². The number of halogens is 2. The SMILES string of the molecule is CC(C)(CCl)C(=O)N1CCC[C@H]1C(=O)Nc1ccc(-c2cnc(-c3ccc(NC(=O)[C@@H]4CCCN4C(=O)C(C)(C)CCl)cc3)o2)cc1. The number of amides is 4. The molecule has 250 valence electrons. The summed E-state index contributed by atoms with van der Waals surface area (Å²) >= 11 is 12.0. The smallest absolute Gasteiger partial charge is 0.247 e. The van der Waals surface area contributed by atoms with Crippen LogP contribution in [0.3, 0.4) is 0 Å². The normalized spacial score (nSPS) is 18.3. The molecule has 0 unspecified atom stereocenters. The third-order valence-corrected chi connectivity index (χ3v) is 10.1. The number of nitrogens with one attached hydrogen (secondary N) is 2. The summed E-state index contributed by atoms with van der Waals surface area (Å²) in [6.45, 7) is 8.24. The fourth-order valence-electron chi connectivity index (χ4n) is 5.86. The van der Waals surface area contributed by atoms with E-state index >= 15 is 0 Å². The predicted molar refractivity (Wildman–Crippen MR) is 183 cm³/mol. The van der Waals surface area contributed by atoms with Gasteiger partial charge in [0.1, 0.15) is 12.1 Å². The highest BCUT2D eigenvalue weighted by atomic mass is 35.5. The highest BCUT2D eigenvalue weighted by molar-refractivity contribution is 6.20. The molecular weight excluding hydrogens is 641 g/mol. The summed E-state index contributed by atoms with van der Waals surface area (Å²) < 4.78 is 6.03. The Hall–Kier alpha value is -3.89. The molecule has 47 heavy (non-hydrogen) atoms. The largest absolute Gasteiger partial charge is 0.436 e. The van der Waals surface area contributed by atoms with E-state index in [2.05, 4.69) is 15.6 Å². The van der Waals surface area contributed by atoms with Crippen LogP contribution in [0.2, 0.25) is 0 Å². The van der Waals surface area contributed by atoms with Gasteiger partial charge >= 0.3 is 0 Å². The van der Waals surface area contributed by atoms with Crippen LogP contribution in [-0.4, -0.2) is 75.3 Å². The van der Waals surface area contributed by atoms with Crippen LogP contribution in [0, 0.1) is 10.8 Å². The third kappa shape index (κ3) is 7.49. The number of hydrogen-bond acceptors (Lipinski definition) is 6. The molecule has 10 nitrogen and oxygen atoms in total. The van der Waals surface area contributed by atoms with Crippen LogP contribution in [0.1, 0.15) is 53.4 Å². The Morgan fingerprint density at radius 3 is 1.60 bits per heavy atom. The zero-order valence-electron chi connectivity index (χ0n) is 27.1. The Kier molecular flexibility index (Phi) is 10.3. The van der Waals surface area contributed by atoms with Crippen LogP contribution in [0.4, 0.5) is 11.4 Å². The van der Waals surface area contributed by atoms with E-state index in [0.717, 1.165) is 24.0 Å². The van der Waals surface area contributed by atoms with E-state index in [4.69, 9.17) is 27.6 Å². The lowest BCUT2D eigenvalue weighted by atomic mass is 9.94. The van der Waals surface area contributed by atoms with Crippen LogP contribution < -0.4 is 10.6 Å². The minimum absolute atomic E-state index is 0.114. The number of rotatable bonds is 10. The quantitative estimate of drug-likeness (QED) is 0.239. The molecule has 2 fully saturated rings. The van der Waals surface area contributed by atoms with Crippen molar-refractivity contribution in [2.24, 2.45) is 10.8 Å². The fourth-order valence-corrected chi connectivity index (χ4v) is 6.09. The Morgan fingerprint density at radius 1 is 0.745 bits per heavy atom. The monoisotopic (exact) mass is 681 g/mol. The van der Waals surface area contributed by atoms with Gasteiger partial charge in [-0.25, -0.2) is 4.98 Å². The van der Waals surface area contributed by atoms with Crippen molar-refractivity contribution in [2.75, 3.05) is 35.5 Å². The molecule has 3 aromatic rings. The summed E-state index contributed by atoms with van der Waals surface area (Å²) in [5.74, 6) is 0.657. The number of nitrogens with zero attached hydrogens (tertiary/aromatic N) is 3. The molecule has 1 aromatic heterocycles. The molecule has 2 atom stereocenters. The zero-order chi connectivity index (χ0) is 33.9. The van der Waals surface area contributed by atoms with Gasteiger partial charge in [-0.05, 0) is 102 Å². The summed E-state index contributed by atoms with van der Waals surface area (Å²) in [5, 5.41) is 5.86. The van der Waals surface area contributed by atoms with Gasteiger partial charge in [-0.3, -0.25) is 19.2 Å². The van der Waals surface area contributed by atoms with Crippen molar-refractivity contribution in [3.8, 4) is 22.8 Å². The molecule has 3 heterocycles. The second-order valence-electron chi connectivity index (χ2n) is 13.5. The topological polar surface area (TPSA) is 125 Å². The first kappa shape index (κ1) is 34.4. The summed E-state index contributed by atoms with van der Waals surface area (Å²) in [7, 11) is 0. The van der Waals surface area contributed by atoms with E-state index in [1.165, 1.54) is 0 Å². The highest BCUT2D eigenvalue weighted by Crippen LogP contribution is 2.31. The van der Waals surface area contributed by atoms with E-state index in [-0.39, 0.29) is 35.4 Å². The van der Waals surface area contributed by atoms with Gasteiger partial charge in [-0.2, -0.15) is 0 Å². The standard InChI is InChI=1S/C35H41Cl2N5O5/c1-34(2,20-36)32(45)41-17-5-7-26(41)29(43)39-24-13-9-22(10-14-24)28-19-38-31(47-28)23-11-15-25(16-12-23)40-30(44)27-8-6-18-42(27)33(46)35(3,4)21-37/h9-16,19,26-27H,5-8,17-18,20-21H2,1-4H3,(H,39,43)(H,40,44)/t26-,27-/m0/s1. The molecule has 0 saturated carbocycles. The van der Waals surface area contributed by atoms with Crippen LogP contribution in [0.15, 0.2) is 59.1 Å². The first-order chi connectivity index (χ1) is 22.3. The van der Waals surface area contributed by atoms with E-state index in [1.54, 1.807) is 68.0 Å². The van der Waals surface area contributed by atoms with Gasteiger partial charge in [0.25, 0.3) is 0 Å². The molecule has 2 aliphatic rings. The number of carbonyl (C=O) groups excluding carboxylic acids is 4. The van der Waals surface area contributed by atoms with Crippen molar-refractivity contribution >= 4 is 58.2 Å². The van der Waals surface area contributed by atoms with Crippen molar-refractivity contribution in [1.29, 1.82) is 0 Å². The van der Waals surface area contributed by atoms with Crippen LogP contribution in [-0.2, 0) is 19.2 Å². The molecule has 12 heteroatoms. The Balaban J connectivity index is 1.18. The maximum Gasteiger partial charge on any atom is 0.247 e. The molecule has 0 bridgehead atoms. The minimum atomic E-state index is -0.735. The van der Waals surface area contributed by atoms with Gasteiger partial charge in [-0.15, -0.1) is 23.2 Å². The van der Waals surface area contributed by atoms with Crippen molar-refractivity contribution in [3.05, 3.63) is 54.7 Å². The Labute approximate surface area is 285 Å². The molecule has 4 amide bonds. The molecule has 2 aliphatic heterocycles. The van der Waals surface area contributed by atoms with Gasteiger partial charge in [-0.1, -0.05) is 0 Å². The maximum absolute atomic E-state index is 13.1. The number of hydrogen-bond donors (Lipinski definition) is 2. The van der Waals surface area contributed by atoms with Gasteiger partial charge in [0, 0.05) is 47.4 Å². The van der Waals surface area contributed by atoms with Crippen molar-refractivity contribution in [2.45, 2.75) is 65.5 Å². The first-order valence-electron chi connectivity index (χ1n) is 15.9. The molecule has 2 aromatic carbocycles. The number of anilines is 2. The van der Waals surface area contributed by atoms with Crippen molar-refractivity contribution in [1.82, 2.24) is 14.8 Å². The lowest BCUT2D eigenvalue weighted by molar-refractivity contribution is -0.143. The average molecular weight is 683 g/mol. The van der Waals surface area contributed by atoms with E-state index in [9.17, 15) is 19.2 Å². The molecule has 5 rings (SSSR count). The molecule has 0 spiro atoms. The summed E-state index contributed by atoms with van der Waals surface area (Å²) in [6.07, 6.45) is 4.37. The number of benzene rings is 2. The Bertz CT molecular complexity index is 1500. The lowest BCUT2D eigenvalue weighted by Gasteiger charge is -2.31. The summed E-state index contributed by atoms with van der Waals surface area (Å²) in [4.78, 5) is 59.8. The number of alkyl halides is 2. The lowest BCUT2D eigenvalue weighted by Crippen LogP contribution is -2.48. The molecule has 0 radical (unpaired) electrons. The molecule has 2 N–H and O–H groups in total. The average Bonchev–Trinajstić information content (AvgIpc) is 3.86. The van der Waals surface area contributed by atoms with E-state index in [1.807, 2.05) is 24.3 Å². The summed E-state index contributed by atoms with van der Waals surface area (Å²) in [5.41, 5.74) is 1.25. The predicted octanol–water partition coefficient (Wildman–Crippen LogP) is 6.40. The van der Waals surface area contributed by atoms with Crippen LogP contribution in [0.25, 0.3) is 22.8 Å². The number of carbonyl (C=O) groups is 4. The van der Waals surface area contributed by atoms with E-state index < -0.39 is 22.9 Å². The fraction of sp³-hybridized carbons (Fsp3) is 0.457. The number of likely N-dealkylation sites (tertiary alicyclic amines) is 2. The number of aromatic nitrogens is 1. The van der Waals surface area contributed by atoms with Gasteiger partial charge in [0.2, 0.25) is 29.5 Å². The number of oxazole rings is 1. The van der Waals surface area contributed by atoms with Crippen LogP contribution in [0.5, 0.6) is 0 Å². The van der Waals surface area contributed by atoms with Gasteiger partial charge < -0.3 is 24.9 Å². The first-order valence-corrected chi connectivity index (χ1v) is 16.9. The second kappa shape index (κ2) is 14.1. The summed E-state index contributed by atoms with van der Waals surface area (Å²) in [6, 6.07) is 13.3. The Morgan fingerprint density at radius 2 is 1.17 bits per heavy atom. The molecule has 0 aliphatic carbocycles. The maximum atomic E-state index is 13.1. The third-order valence-electron chi connectivity index (χ3n) is 8.80. The minimum Gasteiger partial charge on any atom is -0.436 e. The zero-order valence-corrected chi connectivity index (χ0v) is 28.7. The van der Waals surface area contributed by atoms with Crippen molar-refractivity contribution < 1.29 is 23.6 Å². The molecular formula is C35H41Cl2N5O5. The van der Waals surface area contributed by atoms with E-state index in [0.29, 0.717) is 49.0 Å². The van der Waals surface area contributed by atoms with Crippen LogP contribution >= 0.6 is 23.2 Å². The highest BCUT2D eigenvalue weighted by Gasteiger charge is 2.41. The second-order valence-corrected chi connectivity index (χ2v) is 14.0. The van der Waals surface area contributed by atoms with Gasteiger partial charge in [0.15, 0.2) is 5.76 Å².